The summed E-state index contributed by atoms with van der Waals surface area (Å²) in [6.45, 7) is 4.99. The topological polar surface area (TPSA) is 76.7 Å². The molecule has 0 aromatic heterocycles. The lowest BCUT2D eigenvalue weighted by atomic mass is 10.0. The van der Waals surface area contributed by atoms with Crippen LogP contribution in [-0.4, -0.2) is 32.3 Å². The summed E-state index contributed by atoms with van der Waals surface area (Å²) in [5, 5.41) is 5.37. The molecule has 2 aromatic rings. The molecule has 2 aromatic carbocycles. The lowest BCUT2D eigenvalue weighted by Crippen LogP contribution is -2.32. The molecule has 0 heterocycles. The SMILES string of the molecule is COC(=O)c1cccc(NC(=O)NCCOc2ccc(C(C)C)cc2)c1. The number of anilines is 1. The summed E-state index contributed by atoms with van der Waals surface area (Å²) in [5.74, 6) is 0.792. The maximum Gasteiger partial charge on any atom is 0.337 e. The fourth-order valence-corrected chi connectivity index (χ4v) is 2.30. The monoisotopic (exact) mass is 356 g/mol. The first-order valence-electron chi connectivity index (χ1n) is 8.45. The predicted molar refractivity (Wildman–Crippen MR) is 101 cm³/mol. The molecule has 2 amide bonds. The van der Waals surface area contributed by atoms with Crippen LogP contribution in [0.15, 0.2) is 48.5 Å². The molecule has 2 rings (SSSR count). The molecule has 6 nitrogen and oxygen atoms in total. The van der Waals surface area contributed by atoms with Gasteiger partial charge in [0.15, 0.2) is 0 Å². The molecule has 0 aliphatic heterocycles. The molecule has 0 aliphatic carbocycles. The summed E-state index contributed by atoms with van der Waals surface area (Å²) in [5.41, 5.74) is 2.14. The van der Waals surface area contributed by atoms with Gasteiger partial charge < -0.3 is 20.1 Å². The Labute approximate surface area is 153 Å². The Balaban J connectivity index is 1.74. The number of nitrogens with one attached hydrogen (secondary N) is 2. The Kier molecular flexibility index (Phi) is 7.02. The molecule has 0 aliphatic rings. The van der Waals surface area contributed by atoms with E-state index in [0.29, 0.717) is 30.3 Å². The van der Waals surface area contributed by atoms with Crippen molar-refractivity contribution >= 4 is 17.7 Å². The average molecular weight is 356 g/mol. The van der Waals surface area contributed by atoms with Crippen LogP contribution in [0, 0.1) is 0 Å². The Bertz CT molecular complexity index is 742. The highest BCUT2D eigenvalue weighted by Gasteiger charge is 2.07. The zero-order chi connectivity index (χ0) is 18.9. The van der Waals surface area contributed by atoms with Crippen LogP contribution in [0.4, 0.5) is 10.5 Å². The number of carbonyl (C=O) groups excluding carboxylic acids is 2. The minimum Gasteiger partial charge on any atom is -0.492 e. The van der Waals surface area contributed by atoms with E-state index in [4.69, 9.17) is 4.74 Å². The molecule has 0 saturated heterocycles. The van der Waals surface area contributed by atoms with Gasteiger partial charge in [-0.05, 0) is 41.8 Å². The van der Waals surface area contributed by atoms with Gasteiger partial charge in [-0.15, -0.1) is 0 Å². The third kappa shape index (κ3) is 5.81. The highest BCUT2D eigenvalue weighted by atomic mass is 16.5. The number of rotatable bonds is 7. The maximum atomic E-state index is 11.9. The number of methoxy groups -OCH3 is 1. The molecular formula is C20H24N2O4. The van der Waals surface area contributed by atoms with E-state index in [1.54, 1.807) is 24.3 Å². The smallest absolute Gasteiger partial charge is 0.337 e. The fourth-order valence-electron chi connectivity index (χ4n) is 2.30. The van der Waals surface area contributed by atoms with Gasteiger partial charge >= 0.3 is 12.0 Å². The highest BCUT2D eigenvalue weighted by molar-refractivity contribution is 5.93. The van der Waals surface area contributed by atoms with Gasteiger partial charge in [0.1, 0.15) is 12.4 Å². The van der Waals surface area contributed by atoms with E-state index >= 15 is 0 Å². The number of esters is 1. The highest BCUT2D eigenvalue weighted by Crippen LogP contribution is 2.18. The van der Waals surface area contributed by atoms with Crippen molar-refractivity contribution in [1.82, 2.24) is 5.32 Å². The largest absolute Gasteiger partial charge is 0.492 e. The van der Waals surface area contributed by atoms with Gasteiger partial charge in [-0.3, -0.25) is 0 Å². The van der Waals surface area contributed by atoms with Crippen LogP contribution in [0.25, 0.3) is 0 Å². The average Bonchev–Trinajstić information content (AvgIpc) is 2.65. The third-order valence-corrected chi connectivity index (χ3v) is 3.74. The van der Waals surface area contributed by atoms with Gasteiger partial charge in [-0.25, -0.2) is 9.59 Å². The zero-order valence-corrected chi connectivity index (χ0v) is 15.2. The zero-order valence-electron chi connectivity index (χ0n) is 15.2. The van der Waals surface area contributed by atoms with Gasteiger partial charge in [0.25, 0.3) is 0 Å². The van der Waals surface area contributed by atoms with Crippen LogP contribution in [0.5, 0.6) is 5.75 Å². The maximum absolute atomic E-state index is 11.9. The standard InChI is InChI=1S/C20H24N2O4/c1-14(2)15-7-9-18(10-8-15)26-12-11-21-20(24)22-17-6-4-5-16(13-17)19(23)25-3/h4-10,13-14H,11-12H2,1-3H3,(H2,21,22,24). The minimum absolute atomic E-state index is 0.356. The number of ether oxygens (including phenoxy) is 2. The number of benzene rings is 2. The summed E-state index contributed by atoms with van der Waals surface area (Å²) < 4.78 is 10.3. The van der Waals surface area contributed by atoms with Crippen molar-refractivity contribution in [3.63, 3.8) is 0 Å². The summed E-state index contributed by atoms with van der Waals surface area (Å²) in [4.78, 5) is 23.4. The molecular weight excluding hydrogens is 332 g/mol. The number of hydrogen-bond acceptors (Lipinski definition) is 4. The molecule has 0 atom stereocenters. The number of hydrogen-bond donors (Lipinski definition) is 2. The van der Waals surface area contributed by atoms with Crippen molar-refractivity contribution in [1.29, 1.82) is 0 Å². The second kappa shape index (κ2) is 9.46. The van der Waals surface area contributed by atoms with Crippen LogP contribution in [0.2, 0.25) is 0 Å². The Hall–Kier alpha value is -3.02. The summed E-state index contributed by atoms with van der Waals surface area (Å²) in [6, 6.07) is 14.1. The molecule has 138 valence electrons. The van der Waals surface area contributed by atoms with Crippen LogP contribution < -0.4 is 15.4 Å². The van der Waals surface area contributed by atoms with E-state index in [-0.39, 0.29) is 6.03 Å². The van der Waals surface area contributed by atoms with Crippen LogP contribution in [0.1, 0.15) is 35.7 Å². The van der Waals surface area contributed by atoms with Gasteiger partial charge in [-0.1, -0.05) is 32.0 Å². The minimum atomic E-state index is -0.453. The van der Waals surface area contributed by atoms with E-state index in [0.717, 1.165) is 5.75 Å². The van der Waals surface area contributed by atoms with E-state index in [9.17, 15) is 9.59 Å². The fraction of sp³-hybridized carbons (Fsp3) is 0.300. The molecule has 0 fully saturated rings. The van der Waals surface area contributed by atoms with E-state index in [2.05, 4.69) is 29.2 Å². The molecule has 0 bridgehead atoms. The normalized spacial score (nSPS) is 10.3. The van der Waals surface area contributed by atoms with Gasteiger partial charge in [0.2, 0.25) is 0 Å². The van der Waals surface area contributed by atoms with E-state index in [1.807, 2.05) is 24.3 Å². The molecule has 2 N–H and O–H groups in total. The van der Waals surface area contributed by atoms with Crippen molar-refractivity contribution < 1.29 is 19.1 Å². The van der Waals surface area contributed by atoms with E-state index < -0.39 is 5.97 Å². The summed E-state index contributed by atoms with van der Waals surface area (Å²) in [6.07, 6.45) is 0. The Morgan fingerprint density at radius 3 is 2.46 bits per heavy atom. The Morgan fingerprint density at radius 1 is 1.08 bits per heavy atom. The predicted octanol–water partition coefficient (Wildman–Crippen LogP) is 3.80. The van der Waals surface area contributed by atoms with Crippen molar-refractivity contribution in [2.45, 2.75) is 19.8 Å². The molecule has 0 spiro atoms. The quantitative estimate of drug-likeness (QED) is 0.584. The molecule has 0 radical (unpaired) electrons. The molecule has 0 unspecified atom stereocenters. The van der Waals surface area contributed by atoms with Crippen LogP contribution in [-0.2, 0) is 4.74 Å². The Morgan fingerprint density at radius 2 is 1.81 bits per heavy atom. The lowest BCUT2D eigenvalue weighted by molar-refractivity contribution is 0.0600. The first-order chi connectivity index (χ1) is 12.5. The van der Waals surface area contributed by atoms with Gasteiger partial charge in [0, 0.05) is 5.69 Å². The molecule has 6 heteroatoms. The number of carbonyl (C=O) groups is 2. The van der Waals surface area contributed by atoms with E-state index in [1.165, 1.54) is 12.7 Å². The van der Waals surface area contributed by atoms with Crippen molar-refractivity contribution in [2.24, 2.45) is 0 Å². The number of urea groups is 1. The van der Waals surface area contributed by atoms with Crippen molar-refractivity contribution in [3.8, 4) is 5.75 Å². The van der Waals surface area contributed by atoms with Crippen molar-refractivity contribution in [2.75, 3.05) is 25.6 Å². The third-order valence-electron chi connectivity index (χ3n) is 3.74. The van der Waals surface area contributed by atoms with Crippen molar-refractivity contribution in [3.05, 3.63) is 59.7 Å². The van der Waals surface area contributed by atoms with Crippen LogP contribution in [0.3, 0.4) is 0 Å². The molecule has 0 saturated carbocycles. The second-order valence-electron chi connectivity index (χ2n) is 6.03. The van der Waals surface area contributed by atoms with Gasteiger partial charge in [-0.2, -0.15) is 0 Å². The lowest BCUT2D eigenvalue weighted by Gasteiger charge is -2.11. The first kappa shape index (κ1) is 19.3. The summed E-state index contributed by atoms with van der Waals surface area (Å²) >= 11 is 0. The van der Waals surface area contributed by atoms with Gasteiger partial charge in [0.05, 0.1) is 19.2 Å². The van der Waals surface area contributed by atoms with Crippen LogP contribution >= 0.6 is 0 Å². The summed E-state index contributed by atoms with van der Waals surface area (Å²) in [7, 11) is 1.31. The first-order valence-corrected chi connectivity index (χ1v) is 8.45. The molecule has 26 heavy (non-hydrogen) atoms. The second-order valence-corrected chi connectivity index (χ2v) is 6.03. The number of amides is 2.